The summed E-state index contributed by atoms with van der Waals surface area (Å²) in [6, 6.07) is 15.8. The molecule has 2 fully saturated rings. The summed E-state index contributed by atoms with van der Waals surface area (Å²) < 4.78 is 25.2. The molecule has 2 amide bonds. The van der Waals surface area contributed by atoms with E-state index in [9.17, 15) is 14.0 Å². The summed E-state index contributed by atoms with van der Waals surface area (Å²) in [7, 11) is 0. The Morgan fingerprint density at radius 2 is 1.77 bits per heavy atom. The molecule has 6 nitrogen and oxygen atoms in total. The maximum absolute atomic E-state index is 13.8. The van der Waals surface area contributed by atoms with E-state index in [2.05, 4.69) is 0 Å². The quantitative estimate of drug-likeness (QED) is 0.731. The molecule has 158 valence electrons. The molecule has 1 spiro atoms. The van der Waals surface area contributed by atoms with Crippen molar-refractivity contribution in [2.75, 3.05) is 32.8 Å². The van der Waals surface area contributed by atoms with E-state index in [-0.39, 0.29) is 24.2 Å². The molecular weight excluding hydrogens is 387 g/mol. The normalized spacial score (nSPS) is 17.8. The first-order chi connectivity index (χ1) is 14.5. The largest absolute Gasteiger partial charge is 0.492 e. The molecule has 0 aliphatic carbocycles. The summed E-state index contributed by atoms with van der Waals surface area (Å²) >= 11 is 0. The fourth-order valence-corrected chi connectivity index (χ4v) is 4.00. The first-order valence-corrected chi connectivity index (χ1v) is 10.2. The van der Waals surface area contributed by atoms with Gasteiger partial charge in [0.1, 0.15) is 23.8 Å². The van der Waals surface area contributed by atoms with Crippen molar-refractivity contribution in [3.05, 3.63) is 66.0 Å². The highest BCUT2D eigenvalue weighted by atomic mass is 19.1. The molecule has 4 rings (SSSR count). The minimum absolute atomic E-state index is 0.0441. The van der Waals surface area contributed by atoms with E-state index in [1.807, 2.05) is 30.3 Å². The van der Waals surface area contributed by atoms with Crippen LogP contribution < -0.4 is 4.74 Å². The van der Waals surface area contributed by atoms with Gasteiger partial charge in [-0.25, -0.2) is 9.18 Å². The zero-order valence-electron chi connectivity index (χ0n) is 16.8. The first kappa shape index (κ1) is 20.2. The predicted octanol–water partition coefficient (Wildman–Crippen LogP) is 3.26. The second-order valence-corrected chi connectivity index (χ2v) is 7.78. The molecule has 2 saturated heterocycles. The second-order valence-electron chi connectivity index (χ2n) is 7.78. The van der Waals surface area contributed by atoms with Gasteiger partial charge >= 0.3 is 6.09 Å². The average molecular weight is 412 g/mol. The highest BCUT2D eigenvalue weighted by Gasteiger charge is 2.47. The summed E-state index contributed by atoms with van der Waals surface area (Å²) in [6.07, 6.45) is 0.871. The van der Waals surface area contributed by atoms with Crippen LogP contribution in [0.4, 0.5) is 9.18 Å². The zero-order valence-corrected chi connectivity index (χ0v) is 16.8. The van der Waals surface area contributed by atoms with Crippen LogP contribution >= 0.6 is 0 Å². The Bertz CT molecular complexity index is 897. The Morgan fingerprint density at radius 3 is 2.50 bits per heavy atom. The van der Waals surface area contributed by atoms with Crippen molar-refractivity contribution in [2.45, 2.75) is 24.9 Å². The number of amides is 2. The molecule has 2 heterocycles. The van der Waals surface area contributed by atoms with Crippen molar-refractivity contribution in [3.8, 4) is 5.75 Å². The highest BCUT2D eigenvalue weighted by molar-refractivity contribution is 5.79. The van der Waals surface area contributed by atoms with Crippen LogP contribution in [0.2, 0.25) is 0 Å². The van der Waals surface area contributed by atoms with Gasteiger partial charge in [0.2, 0.25) is 5.91 Å². The Hall–Kier alpha value is -3.09. The molecule has 0 N–H and O–H groups in total. The lowest BCUT2D eigenvalue weighted by atomic mass is 9.91. The number of rotatable bonds is 6. The number of halogens is 1. The van der Waals surface area contributed by atoms with E-state index in [1.165, 1.54) is 6.07 Å². The number of ether oxygens (including phenoxy) is 2. The van der Waals surface area contributed by atoms with E-state index in [4.69, 9.17) is 9.47 Å². The Balaban J connectivity index is 1.26. The molecular formula is C23H25FN2O4. The van der Waals surface area contributed by atoms with Crippen LogP contribution in [0.15, 0.2) is 54.6 Å². The van der Waals surface area contributed by atoms with Crippen molar-refractivity contribution in [3.63, 3.8) is 0 Å². The van der Waals surface area contributed by atoms with Gasteiger partial charge in [0.05, 0.1) is 19.5 Å². The van der Waals surface area contributed by atoms with Gasteiger partial charge in [0.25, 0.3) is 0 Å². The summed E-state index contributed by atoms with van der Waals surface area (Å²) in [5.41, 5.74) is -0.154. The maximum atomic E-state index is 13.8. The third kappa shape index (κ3) is 4.56. The first-order valence-electron chi connectivity index (χ1n) is 10.2. The molecule has 0 aromatic heterocycles. The predicted molar refractivity (Wildman–Crippen MR) is 109 cm³/mol. The van der Waals surface area contributed by atoms with Crippen LogP contribution in [-0.4, -0.2) is 60.2 Å². The van der Waals surface area contributed by atoms with Gasteiger partial charge in [-0.2, -0.15) is 0 Å². The van der Waals surface area contributed by atoms with Gasteiger partial charge in [-0.1, -0.05) is 36.4 Å². The molecule has 2 aromatic carbocycles. The second kappa shape index (κ2) is 8.73. The van der Waals surface area contributed by atoms with Gasteiger partial charge in [0.15, 0.2) is 0 Å². The Kier molecular flexibility index (Phi) is 5.88. The molecule has 2 aromatic rings. The van der Waals surface area contributed by atoms with Crippen LogP contribution in [0.1, 0.15) is 18.4 Å². The number of benzene rings is 2. The van der Waals surface area contributed by atoms with E-state index in [0.29, 0.717) is 51.2 Å². The van der Waals surface area contributed by atoms with Crippen molar-refractivity contribution in [1.29, 1.82) is 0 Å². The number of para-hydroxylation sites is 1. The van der Waals surface area contributed by atoms with Crippen molar-refractivity contribution >= 4 is 12.0 Å². The van der Waals surface area contributed by atoms with Gasteiger partial charge in [-0.15, -0.1) is 0 Å². The summed E-state index contributed by atoms with van der Waals surface area (Å²) in [5.74, 6) is 0.297. The Labute approximate surface area is 175 Å². The lowest BCUT2D eigenvalue weighted by molar-refractivity contribution is -0.133. The SMILES string of the molecule is O=C(Cc1ccccc1F)N1CCC2(CC1)CN(CCOc1ccccc1)C(=O)O2. The third-order valence-electron chi connectivity index (χ3n) is 5.74. The van der Waals surface area contributed by atoms with Gasteiger partial charge in [-0.05, 0) is 23.8 Å². The number of likely N-dealkylation sites (tertiary alicyclic amines) is 1. The number of carbonyl (C=O) groups is 2. The average Bonchev–Trinajstić information content (AvgIpc) is 3.05. The molecule has 7 heteroatoms. The monoisotopic (exact) mass is 412 g/mol. The van der Waals surface area contributed by atoms with Crippen LogP contribution in [0, 0.1) is 5.82 Å². The van der Waals surface area contributed by atoms with E-state index < -0.39 is 5.60 Å². The van der Waals surface area contributed by atoms with E-state index in [1.54, 1.807) is 28.0 Å². The lowest BCUT2D eigenvalue weighted by Gasteiger charge is -2.37. The van der Waals surface area contributed by atoms with Gasteiger partial charge in [-0.3, -0.25) is 4.79 Å². The van der Waals surface area contributed by atoms with E-state index in [0.717, 1.165) is 5.75 Å². The molecule has 0 radical (unpaired) electrons. The van der Waals surface area contributed by atoms with Crippen molar-refractivity contribution < 1.29 is 23.5 Å². The fraction of sp³-hybridized carbons (Fsp3) is 0.391. The Morgan fingerprint density at radius 1 is 1.07 bits per heavy atom. The zero-order chi connectivity index (χ0) is 21.0. The molecule has 30 heavy (non-hydrogen) atoms. The van der Waals surface area contributed by atoms with Crippen molar-refractivity contribution in [1.82, 2.24) is 9.80 Å². The summed E-state index contributed by atoms with van der Waals surface area (Å²) in [5, 5.41) is 0. The van der Waals surface area contributed by atoms with Gasteiger partial charge in [0, 0.05) is 25.9 Å². The molecule has 2 aliphatic rings. The number of hydrogen-bond donors (Lipinski definition) is 0. The number of hydrogen-bond acceptors (Lipinski definition) is 4. The number of piperidine rings is 1. The highest BCUT2D eigenvalue weighted by Crippen LogP contribution is 2.33. The maximum Gasteiger partial charge on any atom is 0.410 e. The van der Waals surface area contributed by atoms with Crippen LogP contribution in [-0.2, 0) is 16.0 Å². The van der Waals surface area contributed by atoms with Crippen LogP contribution in [0.3, 0.4) is 0 Å². The smallest absolute Gasteiger partial charge is 0.410 e. The minimum Gasteiger partial charge on any atom is -0.492 e. The molecule has 0 saturated carbocycles. The standard InChI is InChI=1S/C23H25FN2O4/c24-20-9-5-4-6-18(20)16-21(27)25-12-10-23(11-13-25)17-26(22(28)30-23)14-15-29-19-7-2-1-3-8-19/h1-9H,10-17H2. The number of carbonyl (C=O) groups excluding carboxylic acids is 2. The molecule has 0 bridgehead atoms. The minimum atomic E-state index is -0.557. The molecule has 2 aliphatic heterocycles. The van der Waals surface area contributed by atoms with Crippen molar-refractivity contribution in [2.24, 2.45) is 0 Å². The lowest BCUT2D eigenvalue weighted by Crippen LogP contribution is -2.49. The summed E-state index contributed by atoms with van der Waals surface area (Å²) in [6.45, 7) is 2.33. The third-order valence-corrected chi connectivity index (χ3v) is 5.74. The molecule has 0 unspecified atom stereocenters. The van der Waals surface area contributed by atoms with Crippen LogP contribution in [0.25, 0.3) is 0 Å². The number of nitrogens with zero attached hydrogens (tertiary/aromatic N) is 2. The fourth-order valence-electron chi connectivity index (χ4n) is 4.00. The van der Waals surface area contributed by atoms with Crippen LogP contribution in [0.5, 0.6) is 5.75 Å². The summed E-state index contributed by atoms with van der Waals surface area (Å²) in [4.78, 5) is 28.3. The molecule has 0 atom stereocenters. The van der Waals surface area contributed by atoms with E-state index >= 15 is 0 Å². The topological polar surface area (TPSA) is 59.1 Å². The van der Waals surface area contributed by atoms with Gasteiger partial charge < -0.3 is 19.3 Å².